The summed E-state index contributed by atoms with van der Waals surface area (Å²) >= 11 is 0. The Labute approximate surface area is 114 Å². The van der Waals surface area contributed by atoms with Crippen molar-refractivity contribution in [3.8, 4) is 0 Å². The van der Waals surface area contributed by atoms with Gasteiger partial charge in [0.2, 0.25) is 5.91 Å². The Morgan fingerprint density at radius 2 is 1.74 bits per heavy atom. The van der Waals surface area contributed by atoms with Gasteiger partial charge in [0.15, 0.2) is 0 Å². The molecule has 0 bridgehead atoms. The van der Waals surface area contributed by atoms with E-state index >= 15 is 0 Å². The van der Waals surface area contributed by atoms with Crippen LogP contribution in [0.25, 0.3) is 0 Å². The summed E-state index contributed by atoms with van der Waals surface area (Å²) in [5.41, 5.74) is 0. The minimum absolute atomic E-state index is 0.130. The van der Waals surface area contributed by atoms with Gasteiger partial charge in [0.1, 0.15) is 0 Å². The first-order valence-corrected chi connectivity index (χ1v) is 7.50. The number of hydrogen-bond acceptors (Lipinski definition) is 3. The molecule has 3 aliphatic rings. The fourth-order valence-electron chi connectivity index (χ4n) is 4.17. The summed E-state index contributed by atoms with van der Waals surface area (Å²) in [4.78, 5) is 26.1. The molecule has 3 rings (SSSR count). The van der Waals surface area contributed by atoms with Crippen LogP contribution < -0.4 is 0 Å². The second-order valence-corrected chi connectivity index (χ2v) is 6.49. The average Bonchev–Trinajstić information content (AvgIpc) is 3.03. The van der Waals surface area contributed by atoms with E-state index in [1.165, 1.54) is 32.8 Å². The van der Waals surface area contributed by atoms with Gasteiger partial charge in [0.25, 0.3) is 0 Å². The van der Waals surface area contributed by atoms with Gasteiger partial charge in [-0.05, 0) is 30.6 Å². The Kier molecular flexibility index (Phi) is 3.27. The van der Waals surface area contributed by atoms with Crippen LogP contribution in [0, 0.1) is 29.6 Å². The van der Waals surface area contributed by atoms with Gasteiger partial charge in [0, 0.05) is 19.0 Å². The van der Waals surface area contributed by atoms with E-state index in [-0.39, 0.29) is 23.7 Å². The average molecular weight is 265 g/mol. The summed E-state index contributed by atoms with van der Waals surface area (Å²) in [7, 11) is 1.43. The van der Waals surface area contributed by atoms with Gasteiger partial charge >= 0.3 is 5.97 Å². The normalized spacial score (nSPS) is 40.7. The fourth-order valence-corrected chi connectivity index (χ4v) is 4.17. The minimum atomic E-state index is -0.170. The molecule has 4 unspecified atom stereocenters. The Morgan fingerprint density at radius 1 is 1.11 bits per heavy atom. The molecule has 0 N–H and O–H groups in total. The lowest BCUT2D eigenvalue weighted by atomic mass is 9.99. The maximum Gasteiger partial charge on any atom is 0.310 e. The van der Waals surface area contributed by atoms with E-state index < -0.39 is 0 Å². The number of fused-ring (bicyclic) bond motifs is 1. The second kappa shape index (κ2) is 4.80. The lowest BCUT2D eigenvalue weighted by Gasteiger charge is -2.16. The van der Waals surface area contributed by atoms with E-state index in [0.29, 0.717) is 30.8 Å². The van der Waals surface area contributed by atoms with Gasteiger partial charge in [0.05, 0.1) is 13.0 Å². The molecule has 1 amide bonds. The molecule has 0 aromatic carbocycles. The summed E-state index contributed by atoms with van der Waals surface area (Å²) in [5.74, 6) is 1.78. The molecule has 2 saturated carbocycles. The topological polar surface area (TPSA) is 46.6 Å². The number of ether oxygens (including phenoxy) is 1. The molecule has 0 aromatic rings. The van der Waals surface area contributed by atoms with Gasteiger partial charge in [-0.1, -0.05) is 19.8 Å². The number of esters is 1. The number of amides is 1. The van der Waals surface area contributed by atoms with Crippen molar-refractivity contribution >= 4 is 11.9 Å². The van der Waals surface area contributed by atoms with Gasteiger partial charge in [-0.2, -0.15) is 0 Å². The molecule has 1 saturated heterocycles. The van der Waals surface area contributed by atoms with Crippen LogP contribution in [-0.4, -0.2) is 37.0 Å². The Bertz CT molecular complexity index is 383. The first-order chi connectivity index (χ1) is 9.13. The summed E-state index contributed by atoms with van der Waals surface area (Å²) in [6.45, 7) is 3.31. The monoisotopic (exact) mass is 265 g/mol. The van der Waals surface area contributed by atoms with Crippen LogP contribution in [0.15, 0.2) is 0 Å². The number of hydrogen-bond donors (Lipinski definition) is 0. The van der Waals surface area contributed by atoms with Crippen molar-refractivity contribution in [3.05, 3.63) is 0 Å². The number of likely N-dealkylation sites (tertiary alicyclic amines) is 1. The van der Waals surface area contributed by atoms with Gasteiger partial charge in [-0.15, -0.1) is 0 Å². The zero-order valence-corrected chi connectivity index (χ0v) is 11.8. The summed E-state index contributed by atoms with van der Waals surface area (Å²) in [6.07, 6.45) is 5.02. The standard InChI is InChI=1S/C15H23NO3/c1-9-7-16(8-12(9)15(18)19-2)14(17)13-10-5-3-4-6-11(10)13/h9-13H,3-8H2,1-2H3. The third kappa shape index (κ3) is 2.15. The van der Waals surface area contributed by atoms with Crippen LogP contribution in [-0.2, 0) is 14.3 Å². The summed E-state index contributed by atoms with van der Waals surface area (Å²) in [6, 6.07) is 0. The molecule has 0 spiro atoms. The zero-order valence-electron chi connectivity index (χ0n) is 11.8. The van der Waals surface area contributed by atoms with E-state index in [0.717, 1.165) is 0 Å². The highest BCUT2D eigenvalue weighted by Crippen LogP contribution is 2.56. The van der Waals surface area contributed by atoms with Crippen molar-refractivity contribution in [1.29, 1.82) is 0 Å². The molecular weight excluding hydrogens is 242 g/mol. The van der Waals surface area contributed by atoms with Crippen LogP contribution in [0.3, 0.4) is 0 Å². The predicted molar refractivity (Wildman–Crippen MR) is 70.2 cm³/mol. The second-order valence-electron chi connectivity index (χ2n) is 6.49. The van der Waals surface area contributed by atoms with E-state index in [1.807, 2.05) is 11.8 Å². The number of methoxy groups -OCH3 is 1. The van der Waals surface area contributed by atoms with Crippen molar-refractivity contribution in [2.24, 2.45) is 29.6 Å². The largest absolute Gasteiger partial charge is 0.469 e. The van der Waals surface area contributed by atoms with Crippen molar-refractivity contribution in [1.82, 2.24) is 4.90 Å². The summed E-state index contributed by atoms with van der Waals surface area (Å²) < 4.78 is 4.83. The Hall–Kier alpha value is -1.06. The Balaban J connectivity index is 1.61. The smallest absolute Gasteiger partial charge is 0.310 e. The number of carbonyl (C=O) groups is 2. The van der Waals surface area contributed by atoms with Gasteiger partial charge in [-0.3, -0.25) is 9.59 Å². The van der Waals surface area contributed by atoms with E-state index in [4.69, 9.17) is 4.74 Å². The van der Waals surface area contributed by atoms with E-state index in [9.17, 15) is 9.59 Å². The molecule has 19 heavy (non-hydrogen) atoms. The van der Waals surface area contributed by atoms with Crippen LogP contribution in [0.4, 0.5) is 0 Å². The Morgan fingerprint density at radius 3 is 2.32 bits per heavy atom. The zero-order chi connectivity index (χ0) is 13.6. The lowest BCUT2D eigenvalue weighted by molar-refractivity contribution is -0.146. The van der Waals surface area contributed by atoms with E-state index in [2.05, 4.69) is 0 Å². The molecule has 0 aromatic heterocycles. The highest BCUT2D eigenvalue weighted by Gasteiger charge is 2.56. The van der Waals surface area contributed by atoms with Crippen LogP contribution in [0.1, 0.15) is 32.6 Å². The van der Waals surface area contributed by atoms with Crippen LogP contribution in [0.2, 0.25) is 0 Å². The van der Waals surface area contributed by atoms with Gasteiger partial charge in [-0.25, -0.2) is 0 Å². The molecule has 2 aliphatic carbocycles. The van der Waals surface area contributed by atoms with Crippen LogP contribution >= 0.6 is 0 Å². The number of rotatable bonds is 2. The van der Waals surface area contributed by atoms with Crippen molar-refractivity contribution in [2.75, 3.05) is 20.2 Å². The van der Waals surface area contributed by atoms with Crippen molar-refractivity contribution < 1.29 is 14.3 Å². The minimum Gasteiger partial charge on any atom is -0.469 e. The fraction of sp³-hybridized carbons (Fsp3) is 0.867. The summed E-state index contributed by atoms with van der Waals surface area (Å²) in [5, 5.41) is 0. The van der Waals surface area contributed by atoms with E-state index in [1.54, 1.807) is 0 Å². The lowest BCUT2D eigenvalue weighted by Crippen LogP contribution is -2.32. The molecule has 3 fully saturated rings. The molecule has 4 nitrogen and oxygen atoms in total. The van der Waals surface area contributed by atoms with Gasteiger partial charge < -0.3 is 9.64 Å². The quantitative estimate of drug-likeness (QED) is 0.714. The maximum absolute atomic E-state index is 12.5. The molecule has 1 heterocycles. The molecule has 1 aliphatic heterocycles. The molecule has 106 valence electrons. The molecule has 0 radical (unpaired) electrons. The van der Waals surface area contributed by atoms with Crippen molar-refractivity contribution in [2.45, 2.75) is 32.6 Å². The third-order valence-corrected chi connectivity index (χ3v) is 5.37. The van der Waals surface area contributed by atoms with Crippen LogP contribution in [0.5, 0.6) is 0 Å². The SMILES string of the molecule is COC(=O)C1CN(C(=O)C2C3CCCCC32)CC1C. The predicted octanol–water partition coefficient (Wildman–Crippen LogP) is 1.69. The molecule has 4 atom stereocenters. The highest BCUT2D eigenvalue weighted by atomic mass is 16.5. The maximum atomic E-state index is 12.5. The molecular formula is C15H23NO3. The third-order valence-electron chi connectivity index (χ3n) is 5.37. The van der Waals surface area contributed by atoms with Crippen molar-refractivity contribution in [3.63, 3.8) is 0 Å². The number of nitrogens with zero attached hydrogens (tertiary/aromatic N) is 1. The first-order valence-electron chi connectivity index (χ1n) is 7.50. The number of carbonyl (C=O) groups excluding carboxylic acids is 2. The first kappa shape index (κ1) is 12.9. The highest BCUT2D eigenvalue weighted by molar-refractivity contribution is 5.84. The molecule has 4 heteroatoms.